The Hall–Kier alpha value is -4.19. The predicted octanol–water partition coefficient (Wildman–Crippen LogP) is -2.44. The van der Waals surface area contributed by atoms with E-state index in [0.717, 1.165) is 10.8 Å². The van der Waals surface area contributed by atoms with Gasteiger partial charge in [0.25, 0.3) is 0 Å². The van der Waals surface area contributed by atoms with E-state index < -0.39 is 0 Å². The average molecular weight is 415 g/mol. The number of fused-ring (bicyclic) bond motifs is 2. The Bertz CT molecular complexity index is 1220. The third kappa shape index (κ3) is 4.56. The quantitative estimate of drug-likeness (QED) is 0.154. The van der Waals surface area contributed by atoms with Gasteiger partial charge >= 0.3 is 0 Å². The van der Waals surface area contributed by atoms with E-state index in [9.17, 15) is 0 Å². The number of hydrogen-bond donors (Lipinski definition) is 6. The minimum Gasteiger partial charge on any atom is -0.369 e. The highest BCUT2D eigenvalue weighted by Crippen LogP contribution is 2.18. The molecule has 0 aromatic heterocycles. The Morgan fingerprint density at radius 3 is 1.24 bits per heavy atom. The standard InChI is InChI=1S/C16H18N12.ClH/c17-14(18)26-23-11-9-5-7-3-1-2-4-8(7)6-10(9)12(24-27-15(19)20)13(11)25-28-16(21)22;/h1-6H,(H4,17,18,26)(H4,19,20,27)(H4,21,22,28);1H/b23-11-,24-12-;. The van der Waals surface area contributed by atoms with E-state index in [-0.39, 0.29) is 35.6 Å². The molecule has 13 heteroatoms. The minimum atomic E-state index is -0.254. The van der Waals surface area contributed by atoms with Gasteiger partial charge in [-0.15, -0.1) is 43.0 Å². The number of guanidine groups is 3. The number of nitrogens with zero attached hydrogens (tertiary/aromatic N) is 6. The van der Waals surface area contributed by atoms with Gasteiger partial charge in [0, 0.05) is 10.8 Å². The van der Waals surface area contributed by atoms with Gasteiger partial charge in [0.1, 0.15) is 16.1 Å². The molecule has 0 heterocycles. The largest absolute Gasteiger partial charge is 0.369 e. The summed E-state index contributed by atoms with van der Waals surface area (Å²) in [7, 11) is 0. The summed E-state index contributed by atoms with van der Waals surface area (Å²) in [5.41, 5.74) is 32.4. The summed E-state index contributed by atoms with van der Waals surface area (Å²) in [4.78, 5) is 0. The van der Waals surface area contributed by atoms with Crippen LogP contribution in [0.1, 0.15) is 0 Å². The molecule has 3 aromatic carbocycles. The molecular weight excluding hydrogens is 396 g/mol. The topological polar surface area (TPSA) is 230 Å². The maximum absolute atomic E-state index is 5.41. The molecule has 12 nitrogen and oxygen atoms in total. The zero-order chi connectivity index (χ0) is 20.3. The molecule has 0 amide bonds. The minimum absolute atomic E-state index is 0. The van der Waals surface area contributed by atoms with E-state index in [0.29, 0.717) is 21.5 Å². The molecule has 0 saturated carbocycles. The highest BCUT2D eigenvalue weighted by Gasteiger charge is 2.10. The Labute approximate surface area is 169 Å². The van der Waals surface area contributed by atoms with Crippen LogP contribution in [0.5, 0.6) is 0 Å². The van der Waals surface area contributed by atoms with Crippen LogP contribution in [0.25, 0.3) is 21.5 Å². The number of hydrogen-bond acceptors (Lipinski definition) is 6. The second-order valence-electron chi connectivity index (χ2n) is 5.67. The van der Waals surface area contributed by atoms with Gasteiger partial charge in [0.15, 0.2) is 0 Å². The number of benzene rings is 2. The van der Waals surface area contributed by atoms with E-state index >= 15 is 0 Å². The second kappa shape index (κ2) is 8.67. The van der Waals surface area contributed by atoms with Crippen LogP contribution in [0.4, 0.5) is 0 Å². The normalized spacial score (nSPS) is 11.7. The summed E-state index contributed by atoms with van der Waals surface area (Å²) in [5.74, 6) is -0.715. The Morgan fingerprint density at radius 1 is 0.552 bits per heavy atom. The van der Waals surface area contributed by atoms with Gasteiger partial charge in [-0.1, -0.05) is 24.3 Å². The van der Waals surface area contributed by atoms with Crippen molar-refractivity contribution in [2.45, 2.75) is 0 Å². The molecule has 0 fully saturated rings. The first-order valence-electron chi connectivity index (χ1n) is 7.91. The van der Waals surface area contributed by atoms with Crippen LogP contribution in [0, 0.1) is 0 Å². The number of nitrogens with two attached hydrogens (primary N) is 6. The van der Waals surface area contributed by atoms with E-state index in [1.165, 1.54) is 0 Å². The Balaban J connectivity index is 0.00000300. The molecule has 0 aliphatic rings. The monoisotopic (exact) mass is 414 g/mol. The Morgan fingerprint density at radius 2 is 0.897 bits per heavy atom. The molecule has 3 rings (SSSR count). The van der Waals surface area contributed by atoms with Crippen LogP contribution in [-0.4, -0.2) is 17.9 Å². The lowest BCUT2D eigenvalue weighted by Crippen LogP contribution is -2.34. The van der Waals surface area contributed by atoms with Crippen LogP contribution < -0.4 is 50.5 Å². The van der Waals surface area contributed by atoms with Gasteiger partial charge in [-0.25, -0.2) is 0 Å². The van der Waals surface area contributed by atoms with E-state index in [1.54, 1.807) is 0 Å². The summed E-state index contributed by atoms with van der Waals surface area (Å²) in [5, 5.41) is 27.4. The smallest absolute Gasteiger partial charge is 0.211 e. The van der Waals surface area contributed by atoms with Crippen LogP contribution in [0.3, 0.4) is 0 Å². The average Bonchev–Trinajstić information content (AvgIpc) is 2.92. The lowest BCUT2D eigenvalue weighted by molar-refractivity contribution is 1.02. The Kier molecular flexibility index (Phi) is 6.31. The van der Waals surface area contributed by atoms with Crippen LogP contribution in [0.15, 0.2) is 67.0 Å². The van der Waals surface area contributed by atoms with Gasteiger partial charge in [0.05, 0.1) is 0 Å². The third-order valence-electron chi connectivity index (χ3n) is 3.64. The predicted molar refractivity (Wildman–Crippen MR) is 115 cm³/mol. The van der Waals surface area contributed by atoms with Gasteiger partial charge < -0.3 is 34.4 Å². The third-order valence-corrected chi connectivity index (χ3v) is 3.64. The molecule has 0 aliphatic heterocycles. The molecule has 12 N–H and O–H groups in total. The van der Waals surface area contributed by atoms with Crippen LogP contribution in [0.2, 0.25) is 0 Å². The summed E-state index contributed by atoms with van der Waals surface area (Å²) in [6.45, 7) is 0. The zero-order valence-corrected chi connectivity index (χ0v) is 15.8. The molecule has 0 aliphatic carbocycles. The van der Waals surface area contributed by atoms with Crippen molar-refractivity contribution in [1.82, 2.24) is 0 Å². The molecular formula is C16H19ClN12. The van der Waals surface area contributed by atoms with Gasteiger partial charge in [-0.2, -0.15) is 0 Å². The maximum Gasteiger partial charge on any atom is 0.211 e. The SMILES string of the molecule is Cl.NC(N)=NN=c1/c(=N\N=C(N)N)c2cc3ccccc3cc2/c1=N/N=C(N)N. The summed E-state index contributed by atoms with van der Waals surface area (Å²) < 4.78 is 0. The highest BCUT2D eigenvalue weighted by atomic mass is 35.5. The van der Waals surface area contributed by atoms with Crippen molar-refractivity contribution in [2.75, 3.05) is 0 Å². The number of rotatable bonds is 3. The molecule has 29 heavy (non-hydrogen) atoms. The molecule has 0 spiro atoms. The lowest BCUT2D eigenvalue weighted by Gasteiger charge is -1.97. The number of halogens is 1. The van der Waals surface area contributed by atoms with Crippen molar-refractivity contribution in [3.05, 3.63) is 52.5 Å². The molecule has 0 radical (unpaired) electrons. The molecule has 150 valence electrons. The van der Waals surface area contributed by atoms with Crippen molar-refractivity contribution in [3.8, 4) is 0 Å². The van der Waals surface area contributed by atoms with Crippen molar-refractivity contribution >= 4 is 51.8 Å². The molecule has 0 atom stereocenters. The fraction of sp³-hybridized carbons (Fsp3) is 0. The summed E-state index contributed by atoms with van der Waals surface area (Å²) >= 11 is 0. The fourth-order valence-electron chi connectivity index (χ4n) is 2.62. The zero-order valence-electron chi connectivity index (χ0n) is 15.0. The van der Waals surface area contributed by atoms with Gasteiger partial charge in [0.2, 0.25) is 17.9 Å². The van der Waals surface area contributed by atoms with E-state index in [4.69, 9.17) is 34.4 Å². The van der Waals surface area contributed by atoms with Gasteiger partial charge in [-0.3, -0.25) is 0 Å². The maximum atomic E-state index is 5.41. The first-order chi connectivity index (χ1) is 13.4. The second-order valence-corrected chi connectivity index (χ2v) is 5.67. The molecule has 0 bridgehead atoms. The summed E-state index contributed by atoms with van der Waals surface area (Å²) in [6, 6.07) is 11.5. The summed E-state index contributed by atoms with van der Waals surface area (Å²) in [6.07, 6.45) is 0. The van der Waals surface area contributed by atoms with Gasteiger partial charge in [-0.05, 0) is 22.9 Å². The van der Waals surface area contributed by atoms with Crippen molar-refractivity contribution in [1.29, 1.82) is 0 Å². The molecule has 0 unspecified atom stereocenters. The molecule has 3 aromatic rings. The molecule has 0 saturated heterocycles. The van der Waals surface area contributed by atoms with Crippen LogP contribution in [-0.2, 0) is 0 Å². The van der Waals surface area contributed by atoms with E-state index in [2.05, 4.69) is 30.6 Å². The van der Waals surface area contributed by atoms with E-state index in [1.807, 2.05) is 36.4 Å². The lowest BCUT2D eigenvalue weighted by atomic mass is 10.1. The van der Waals surface area contributed by atoms with Crippen molar-refractivity contribution < 1.29 is 0 Å². The first kappa shape index (κ1) is 21.1. The highest BCUT2D eigenvalue weighted by molar-refractivity contribution is 5.98. The van der Waals surface area contributed by atoms with Crippen molar-refractivity contribution in [3.63, 3.8) is 0 Å². The first-order valence-corrected chi connectivity index (χ1v) is 7.91. The fourth-order valence-corrected chi connectivity index (χ4v) is 2.62. The van der Waals surface area contributed by atoms with Crippen LogP contribution >= 0.6 is 12.4 Å². The van der Waals surface area contributed by atoms with Crippen molar-refractivity contribution in [2.24, 2.45) is 65.0 Å².